The zero-order chi connectivity index (χ0) is 10.1. The molecule has 0 aliphatic rings. The van der Waals surface area contributed by atoms with E-state index in [0.29, 0.717) is 5.82 Å². The molecule has 0 aliphatic heterocycles. The Bertz CT molecular complexity index is 449. The van der Waals surface area contributed by atoms with Crippen LogP contribution >= 0.6 is 22.9 Å². The summed E-state index contributed by atoms with van der Waals surface area (Å²) in [5.74, 6) is 1.19. The lowest BCUT2D eigenvalue weighted by molar-refractivity contribution is 0.435. The van der Waals surface area contributed by atoms with Gasteiger partial charge in [0.05, 0.1) is 4.34 Å². The van der Waals surface area contributed by atoms with Crippen molar-refractivity contribution in [2.45, 2.75) is 13.3 Å². The normalized spacial score (nSPS) is 10.7. The van der Waals surface area contributed by atoms with Crippen LogP contribution < -0.4 is 5.73 Å². The SMILES string of the molecule is CCc1c(N)noc1-c1csc(Cl)c1. The van der Waals surface area contributed by atoms with Crippen molar-refractivity contribution in [2.75, 3.05) is 5.73 Å². The minimum Gasteiger partial charge on any atom is -0.381 e. The fraction of sp³-hybridized carbons (Fsp3) is 0.222. The van der Waals surface area contributed by atoms with Gasteiger partial charge in [0, 0.05) is 16.5 Å². The Morgan fingerprint density at radius 2 is 2.43 bits per heavy atom. The molecule has 2 heterocycles. The van der Waals surface area contributed by atoms with Gasteiger partial charge in [-0.05, 0) is 12.5 Å². The molecule has 2 aromatic heterocycles. The lowest BCUT2D eigenvalue weighted by atomic mass is 10.1. The van der Waals surface area contributed by atoms with E-state index < -0.39 is 0 Å². The number of nitrogen functional groups attached to an aromatic ring is 1. The zero-order valence-corrected chi connectivity index (χ0v) is 9.15. The molecule has 0 unspecified atom stereocenters. The monoisotopic (exact) mass is 228 g/mol. The van der Waals surface area contributed by atoms with Crippen molar-refractivity contribution in [3.8, 4) is 11.3 Å². The summed E-state index contributed by atoms with van der Waals surface area (Å²) in [5, 5.41) is 5.67. The van der Waals surface area contributed by atoms with Gasteiger partial charge in [-0.1, -0.05) is 23.7 Å². The summed E-state index contributed by atoms with van der Waals surface area (Å²) in [6.45, 7) is 2.01. The van der Waals surface area contributed by atoms with E-state index in [1.807, 2.05) is 18.4 Å². The lowest BCUT2D eigenvalue weighted by Gasteiger charge is -1.94. The summed E-state index contributed by atoms with van der Waals surface area (Å²) in [6, 6.07) is 1.85. The molecule has 0 aromatic carbocycles. The summed E-state index contributed by atoms with van der Waals surface area (Å²) in [6.07, 6.45) is 0.804. The second-order valence-electron chi connectivity index (χ2n) is 2.87. The molecule has 2 N–H and O–H groups in total. The fourth-order valence-corrected chi connectivity index (χ4v) is 2.18. The van der Waals surface area contributed by atoms with Crippen LogP contribution in [-0.4, -0.2) is 5.16 Å². The third kappa shape index (κ3) is 1.51. The zero-order valence-electron chi connectivity index (χ0n) is 7.58. The predicted octanol–water partition coefficient (Wildman–Crippen LogP) is 3.20. The maximum atomic E-state index is 5.84. The second kappa shape index (κ2) is 3.63. The van der Waals surface area contributed by atoms with Gasteiger partial charge in [0.25, 0.3) is 0 Å². The van der Waals surface area contributed by atoms with Crippen molar-refractivity contribution in [3.05, 3.63) is 21.3 Å². The highest BCUT2D eigenvalue weighted by molar-refractivity contribution is 7.14. The van der Waals surface area contributed by atoms with Crippen molar-refractivity contribution >= 4 is 28.8 Å². The highest BCUT2D eigenvalue weighted by Crippen LogP contribution is 2.33. The van der Waals surface area contributed by atoms with Gasteiger partial charge in [-0.3, -0.25) is 0 Å². The van der Waals surface area contributed by atoms with Crippen molar-refractivity contribution in [1.29, 1.82) is 0 Å². The molecule has 0 atom stereocenters. The second-order valence-corrected chi connectivity index (χ2v) is 4.41. The van der Waals surface area contributed by atoms with Crippen LogP contribution in [-0.2, 0) is 6.42 Å². The van der Waals surface area contributed by atoms with Crippen molar-refractivity contribution < 1.29 is 4.52 Å². The Kier molecular flexibility index (Phi) is 2.48. The molecule has 0 fully saturated rings. The van der Waals surface area contributed by atoms with Gasteiger partial charge < -0.3 is 10.3 Å². The molecule has 2 rings (SSSR count). The van der Waals surface area contributed by atoms with Crippen LogP contribution in [0.15, 0.2) is 16.0 Å². The van der Waals surface area contributed by atoms with Gasteiger partial charge in [-0.25, -0.2) is 0 Å². The first-order valence-electron chi connectivity index (χ1n) is 4.20. The Labute approximate surface area is 90.5 Å². The van der Waals surface area contributed by atoms with Crippen molar-refractivity contribution in [1.82, 2.24) is 5.16 Å². The van der Waals surface area contributed by atoms with E-state index in [4.69, 9.17) is 21.9 Å². The van der Waals surface area contributed by atoms with E-state index in [9.17, 15) is 0 Å². The Balaban J connectivity index is 2.51. The molecule has 3 nitrogen and oxygen atoms in total. The molecule has 0 amide bonds. The number of halogens is 1. The number of nitrogens with two attached hydrogens (primary N) is 1. The molecule has 0 saturated heterocycles. The van der Waals surface area contributed by atoms with Gasteiger partial charge in [-0.2, -0.15) is 0 Å². The standard InChI is InChI=1S/C9H9ClN2OS/c1-2-6-8(13-12-9(6)11)5-3-7(10)14-4-5/h3-4H,2H2,1H3,(H2,11,12). The summed E-state index contributed by atoms with van der Waals surface area (Å²) in [4.78, 5) is 0. The third-order valence-corrected chi connectivity index (χ3v) is 3.09. The fourth-order valence-electron chi connectivity index (χ4n) is 1.32. The number of rotatable bonds is 2. The maximum absolute atomic E-state index is 5.84. The number of hydrogen-bond acceptors (Lipinski definition) is 4. The number of thiophene rings is 1. The molecule has 5 heteroatoms. The summed E-state index contributed by atoms with van der Waals surface area (Å²) in [5.41, 5.74) is 7.55. The molecule has 0 saturated carbocycles. The highest BCUT2D eigenvalue weighted by Gasteiger charge is 2.14. The van der Waals surface area contributed by atoms with Crippen LogP contribution in [0.5, 0.6) is 0 Å². The molecule has 14 heavy (non-hydrogen) atoms. The minimum atomic E-state index is 0.463. The molecule has 0 aliphatic carbocycles. The Morgan fingerprint density at radius 3 is 3.00 bits per heavy atom. The molecule has 0 radical (unpaired) electrons. The Morgan fingerprint density at radius 1 is 1.64 bits per heavy atom. The largest absolute Gasteiger partial charge is 0.381 e. The summed E-state index contributed by atoms with van der Waals surface area (Å²) in [7, 11) is 0. The molecule has 2 aromatic rings. The van der Waals surface area contributed by atoms with E-state index in [2.05, 4.69) is 5.16 Å². The number of aromatic nitrogens is 1. The third-order valence-electron chi connectivity index (χ3n) is 2.00. The number of nitrogens with zero attached hydrogens (tertiary/aromatic N) is 1. The topological polar surface area (TPSA) is 52.0 Å². The lowest BCUT2D eigenvalue weighted by Crippen LogP contribution is -1.90. The average Bonchev–Trinajstić information content (AvgIpc) is 2.71. The average molecular weight is 229 g/mol. The van der Waals surface area contributed by atoms with E-state index >= 15 is 0 Å². The first-order chi connectivity index (χ1) is 6.72. The molecule has 0 spiro atoms. The smallest absolute Gasteiger partial charge is 0.173 e. The van der Waals surface area contributed by atoms with Gasteiger partial charge >= 0.3 is 0 Å². The van der Waals surface area contributed by atoms with Crippen LogP contribution in [0, 0.1) is 0 Å². The van der Waals surface area contributed by atoms with E-state index in [-0.39, 0.29) is 0 Å². The molecule has 74 valence electrons. The quantitative estimate of drug-likeness (QED) is 0.859. The van der Waals surface area contributed by atoms with Gasteiger partial charge in [0.1, 0.15) is 0 Å². The minimum absolute atomic E-state index is 0.463. The van der Waals surface area contributed by atoms with Crippen LogP contribution in [0.2, 0.25) is 4.34 Å². The predicted molar refractivity (Wildman–Crippen MR) is 58.6 cm³/mol. The van der Waals surface area contributed by atoms with Crippen molar-refractivity contribution in [3.63, 3.8) is 0 Å². The first-order valence-corrected chi connectivity index (χ1v) is 5.46. The highest BCUT2D eigenvalue weighted by atomic mass is 35.5. The van der Waals surface area contributed by atoms with E-state index in [0.717, 1.165) is 27.6 Å². The Hall–Kier alpha value is -1.00. The van der Waals surface area contributed by atoms with Gasteiger partial charge in [-0.15, -0.1) is 11.3 Å². The number of hydrogen-bond donors (Lipinski definition) is 1. The van der Waals surface area contributed by atoms with E-state index in [1.165, 1.54) is 11.3 Å². The van der Waals surface area contributed by atoms with Crippen LogP contribution in [0.3, 0.4) is 0 Å². The summed E-state index contributed by atoms with van der Waals surface area (Å²) >= 11 is 7.30. The maximum Gasteiger partial charge on any atom is 0.173 e. The summed E-state index contributed by atoms with van der Waals surface area (Å²) < 4.78 is 5.89. The van der Waals surface area contributed by atoms with Crippen molar-refractivity contribution in [2.24, 2.45) is 0 Å². The molecular weight excluding hydrogens is 220 g/mol. The van der Waals surface area contributed by atoms with E-state index in [1.54, 1.807) is 0 Å². The van der Waals surface area contributed by atoms with Crippen LogP contribution in [0.25, 0.3) is 11.3 Å². The van der Waals surface area contributed by atoms with Crippen LogP contribution in [0.1, 0.15) is 12.5 Å². The van der Waals surface area contributed by atoms with Gasteiger partial charge in [0.15, 0.2) is 11.6 Å². The number of anilines is 1. The van der Waals surface area contributed by atoms with Gasteiger partial charge in [0.2, 0.25) is 0 Å². The first kappa shape index (κ1) is 9.55. The van der Waals surface area contributed by atoms with Crippen LogP contribution in [0.4, 0.5) is 5.82 Å². The molecule has 0 bridgehead atoms. The molecular formula is C9H9ClN2OS.